The van der Waals surface area contributed by atoms with Gasteiger partial charge in [-0.25, -0.2) is 9.59 Å². The molecule has 3 aliphatic heterocycles. The Morgan fingerprint density at radius 1 is 1.00 bits per heavy atom. The van der Waals surface area contributed by atoms with Gasteiger partial charge in [-0.3, -0.25) is 0 Å². The first-order chi connectivity index (χ1) is 12.8. The van der Waals surface area contributed by atoms with E-state index in [0.717, 1.165) is 44.9 Å². The summed E-state index contributed by atoms with van der Waals surface area (Å²) < 4.78 is 0. The van der Waals surface area contributed by atoms with Crippen LogP contribution in [0.3, 0.4) is 0 Å². The molecule has 3 fully saturated rings. The average Bonchev–Trinajstić information content (AvgIpc) is 3.38. The Balaban J connectivity index is 1.54. The summed E-state index contributed by atoms with van der Waals surface area (Å²) in [7, 11) is 3.46. The van der Waals surface area contributed by atoms with E-state index in [0.29, 0.717) is 17.9 Å². The average molecular weight is 375 g/mol. The summed E-state index contributed by atoms with van der Waals surface area (Å²) in [6, 6.07) is 0.707. The second-order valence-corrected chi connectivity index (χ2v) is 9.47. The molecule has 150 valence electrons. The maximum atomic E-state index is 12.5. The fourth-order valence-corrected chi connectivity index (χ4v) is 6.46. The van der Waals surface area contributed by atoms with E-state index in [4.69, 9.17) is 0 Å². The van der Waals surface area contributed by atoms with Crippen LogP contribution in [0.1, 0.15) is 58.8 Å². The summed E-state index contributed by atoms with van der Waals surface area (Å²) in [6.07, 6.45) is 12.1. The number of nitrogens with zero attached hydrogens (tertiary/aromatic N) is 2. The van der Waals surface area contributed by atoms with E-state index in [1.807, 2.05) is 0 Å². The molecule has 0 aromatic heterocycles. The predicted molar refractivity (Wildman–Crippen MR) is 105 cm³/mol. The van der Waals surface area contributed by atoms with Crippen LogP contribution < -0.4 is 10.6 Å². The first-order valence-electron chi connectivity index (χ1n) is 10.5. The van der Waals surface area contributed by atoms with Crippen LogP contribution in [0, 0.1) is 11.8 Å². The molecule has 4 unspecified atom stereocenters. The normalized spacial score (nSPS) is 39.3. The number of hydrogen-bond acceptors (Lipinski definition) is 2. The van der Waals surface area contributed by atoms with Gasteiger partial charge in [0, 0.05) is 31.7 Å². The highest BCUT2D eigenvalue weighted by molar-refractivity contribution is 5.76. The highest BCUT2D eigenvalue weighted by atomic mass is 16.2. The Kier molecular flexibility index (Phi) is 4.43. The van der Waals surface area contributed by atoms with Crippen LogP contribution in [0.2, 0.25) is 0 Å². The largest absolute Gasteiger partial charge is 0.341 e. The number of nitrogens with one attached hydrogen (secondary N) is 2. The number of amides is 4. The van der Waals surface area contributed by atoms with Crippen molar-refractivity contribution in [1.29, 1.82) is 0 Å². The maximum absolute atomic E-state index is 12.5. The van der Waals surface area contributed by atoms with Gasteiger partial charge in [0.1, 0.15) is 0 Å². The number of rotatable bonds is 1. The van der Waals surface area contributed by atoms with Crippen molar-refractivity contribution in [3.8, 4) is 0 Å². The number of piperidine rings is 2. The highest BCUT2D eigenvalue weighted by Gasteiger charge is 2.58. The topological polar surface area (TPSA) is 64.7 Å². The minimum absolute atomic E-state index is 0.0479. The maximum Gasteiger partial charge on any atom is 0.318 e. The first kappa shape index (κ1) is 18.6. The molecule has 4 aliphatic rings. The van der Waals surface area contributed by atoms with Crippen LogP contribution in [0.5, 0.6) is 0 Å². The van der Waals surface area contributed by atoms with E-state index in [2.05, 4.69) is 46.4 Å². The molecule has 0 aromatic carbocycles. The number of urea groups is 2. The van der Waals surface area contributed by atoms with Crippen LogP contribution in [0.25, 0.3) is 0 Å². The van der Waals surface area contributed by atoms with Crippen molar-refractivity contribution in [1.82, 2.24) is 20.4 Å². The molecule has 6 nitrogen and oxygen atoms in total. The number of carbonyl (C=O) groups is 2. The second-order valence-electron chi connectivity index (χ2n) is 9.47. The molecule has 27 heavy (non-hydrogen) atoms. The molecule has 1 saturated carbocycles. The van der Waals surface area contributed by atoms with Gasteiger partial charge in [-0.2, -0.15) is 0 Å². The molecule has 2 saturated heterocycles. The van der Waals surface area contributed by atoms with Crippen molar-refractivity contribution < 1.29 is 9.59 Å². The van der Waals surface area contributed by atoms with Gasteiger partial charge >= 0.3 is 12.1 Å². The standard InChI is InChI=1S/C21H34N4O2/c1-14-10-15(13-21(8-9-21)24(14)18(26)22-3)16-11-17-6-5-7-20(2,12-16)25(17)19(27)23-4/h5,7,14-17H,6,8-13H2,1-4H3,(H,22,26)(H,23,27)/t14?,15?,16?,17?,20-/m1/s1. The zero-order valence-electron chi connectivity index (χ0n) is 17.1. The van der Waals surface area contributed by atoms with Crippen molar-refractivity contribution in [2.75, 3.05) is 14.1 Å². The number of fused-ring (bicyclic) bond motifs is 2. The number of likely N-dealkylation sites (tertiary alicyclic amines) is 1. The van der Waals surface area contributed by atoms with Gasteiger partial charge in [-0.1, -0.05) is 12.2 Å². The Morgan fingerprint density at radius 2 is 1.63 bits per heavy atom. The Morgan fingerprint density at radius 3 is 2.22 bits per heavy atom. The molecular formula is C21H34N4O2. The van der Waals surface area contributed by atoms with Crippen molar-refractivity contribution in [3.05, 3.63) is 12.2 Å². The van der Waals surface area contributed by atoms with Gasteiger partial charge in [0.25, 0.3) is 0 Å². The highest BCUT2D eigenvalue weighted by Crippen LogP contribution is 2.56. The lowest BCUT2D eigenvalue weighted by molar-refractivity contribution is -0.00969. The van der Waals surface area contributed by atoms with Crippen molar-refractivity contribution in [2.45, 2.75) is 82.0 Å². The Labute approximate surface area is 162 Å². The smallest absolute Gasteiger partial charge is 0.318 e. The summed E-state index contributed by atoms with van der Waals surface area (Å²) in [5.41, 5.74) is -0.101. The van der Waals surface area contributed by atoms with Crippen molar-refractivity contribution >= 4 is 12.1 Å². The van der Waals surface area contributed by atoms with Crippen LogP contribution >= 0.6 is 0 Å². The summed E-state index contributed by atoms with van der Waals surface area (Å²) >= 11 is 0. The molecule has 6 heteroatoms. The Bertz CT molecular complexity index is 659. The van der Waals surface area contributed by atoms with Gasteiger partial charge in [0.15, 0.2) is 0 Å². The van der Waals surface area contributed by atoms with Gasteiger partial charge in [0.05, 0.1) is 5.54 Å². The molecule has 5 atom stereocenters. The lowest BCUT2D eigenvalue weighted by Gasteiger charge is -2.56. The van der Waals surface area contributed by atoms with E-state index in [1.165, 1.54) is 0 Å². The summed E-state index contributed by atoms with van der Waals surface area (Å²) in [4.78, 5) is 29.2. The summed E-state index contributed by atoms with van der Waals surface area (Å²) in [5.74, 6) is 1.26. The van der Waals surface area contributed by atoms with Crippen LogP contribution in [0.4, 0.5) is 9.59 Å². The summed E-state index contributed by atoms with van der Waals surface area (Å²) in [6.45, 7) is 4.43. The SMILES string of the molecule is CNC(=O)N1C(C)CC(C2CC3CC=C[C@](C)(C2)N3C(=O)NC)CC12CC2. The fraction of sp³-hybridized carbons (Fsp3) is 0.810. The van der Waals surface area contributed by atoms with Crippen molar-refractivity contribution in [3.63, 3.8) is 0 Å². The summed E-state index contributed by atoms with van der Waals surface area (Å²) in [5, 5.41) is 5.68. The molecule has 2 bridgehead atoms. The van der Waals surface area contributed by atoms with Crippen LogP contribution in [0.15, 0.2) is 12.2 Å². The number of carbonyl (C=O) groups excluding carboxylic acids is 2. The molecule has 1 spiro atoms. The fourth-order valence-electron chi connectivity index (χ4n) is 6.46. The molecular weight excluding hydrogens is 340 g/mol. The first-order valence-corrected chi connectivity index (χ1v) is 10.5. The monoisotopic (exact) mass is 374 g/mol. The second kappa shape index (κ2) is 6.42. The van der Waals surface area contributed by atoms with E-state index in [9.17, 15) is 9.59 Å². The van der Waals surface area contributed by atoms with E-state index < -0.39 is 0 Å². The third kappa shape index (κ3) is 2.92. The molecule has 0 aromatic rings. The van der Waals surface area contributed by atoms with Crippen molar-refractivity contribution in [2.24, 2.45) is 11.8 Å². The Hall–Kier alpha value is -1.72. The van der Waals surface area contributed by atoms with Crippen LogP contribution in [-0.4, -0.2) is 59.1 Å². The third-order valence-corrected chi connectivity index (χ3v) is 7.65. The molecule has 1 aliphatic carbocycles. The number of hydrogen-bond donors (Lipinski definition) is 2. The lowest BCUT2D eigenvalue weighted by Crippen LogP contribution is -2.63. The molecule has 3 heterocycles. The molecule has 4 amide bonds. The van der Waals surface area contributed by atoms with E-state index in [1.54, 1.807) is 14.1 Å². The minimum atomic E-state index is -0.191. The van der Waals surface area contributed by atoms with Gasteiger partial charge in [-0.15, -0.1) is 0 Å². The van der Waals surface area contributed by atoms with E-state index >= 15 is 0 Å². The minimum Gasteiger partial charge on any atom is -0.341 e. The zero-order valence-corrected chi connectivity index (χ0v) is 17.1. The third-order valence-electron chi connectivity index (χ3n) is 7.65. The van der Waals surface area contributed by atoms with Crippen LogP contribution in [-0.2, 0) is 0 Å². The molecule has 2 N–H and O–H groups in total. The van der Waals surface area contributed by atoms with Gasteiger partial charge < -0.3 is 20.4 Å². The molecule has 4 rings (SSSR count). The molecule has 0 radical (unpaired) electrons. The van der Waals surface area contributed by atoms with Gasteiger partial charge in [-0.05, 0) is 70.6 Å². The van der Waals surface area contributed by atoms with Gasteiger partial charge in [0.2, 0.25) is 0 Å². The quantitative estimate of drug-likeness (QED) is 0.693. The predicted octanol–water partition coefficient (Wildman–Crippen LogP) is 3.10. The lowest BCUT2D eigenvalue weighted by atomic mass is 9.66. The zero-order chi connectivity index (χ0) is 19.4. The van der Waals surface area contributed by atoms with E-state index in [-0.39, 0.29) is 29.2 Å².